The predicted octanol–water partition coefficient (Wildman–Crippen LogP) is 5.45. The summed E-state index contributed by atoms with van der Waals surface area (Å²) in [6.45, 7) is 4.82. The molecule has 15 heteroatoms. The second kappa shape index (κ2) is 13.3. The fourth-order valence-electron chi connectivity index (χ4n) is 5.49. The van der Waals surface area contributed by atoms with Crippen LogP contribution in [0.25, 0.3) is 0 Å². The van der Waals surface area contributed by atoms with E-state index in [1.165, 1.54) is 39.8 Å². The number of sulfonamides is 1. The number of thiazole rings is 1. The zero-order chi connectivity index (χ0) is 32.4. The van der Waals surface area contributed by atoms with Crippen LogP contribution in [0.1, 0.15) is 63.1 Å². The summed E-state index contributed by atoms with van der Waals surface area (Å²) in [5.74, 6) is -1.62. The fourth-order valence-corrected chi connectivity index (χ4v) is 7.42. The van der Waals surface area contributed by atoms with Gasteiger partial charge in [-0.25, -0.2) is 37.3 Å². The fraction of sp³-hybridized carbons (Fsp3) is 0.483. The number of hydrogen-bond donors (Lipinski definition) is 0. The molecule has 1 saturated carbocycles. The SMILES string of the molecule is COC(=O)C1=C([C@H]2CC[C@H](N(CC#N)S(C)(=O)=O)CC2)N=C(c2nccs2)N(C(=O)OC(C)(C)C)C1c1ccc(F)cc1Cl. The molecule has 1 amide bonds. The van der Waals surface area contributed by atoms with Gasteiger partial charge in [-0.15, -0.1) is 11.3 Å². The molecule has 1 fully saturated rings. The average Bonchev–Trinajstić information content (AvgIpc) is 3.48. The van der Waals surface area contributed by atoms with E-state index in [2.05, 4.69) is 4.98 Å². The highest BCUT2D eigenvalue weighted by molar-refractivity contribution is 7.88. The molecule has 236 valence electrons. The van der Waals surface area contributed by atoms with Crippen LogP contribution in [0.4, 0.5) is 9.18 Å². The highest BCUT2D eigenvalue weighted by Gasteiger charge is 2.46. The number of carbonyl (C=O) groups is 2. The first-order valence-electron chi connectivity index (χ1n) is 13.8. The molecule has 1 aliphatic heterocycles. The van der Waals surface area contributed by atoms with Crippen LogP contribution in [0, 0.1) is 23.1 Å². The summed E-state index contributed by atoms with van der Waals surface area (Å²) in [7, 11) is -2.43. The van der Waals surface area contributed by atoms with Crippen molar-refractivity contribution < 1.29 is 31.9 Å². The van der Waals surface area contributed by atoms with Gasteiger partial charge in [0.1, 0.15) is 24.0 Å². The van der Waals surface area contributed by atoms with E-state index < -0.39 is 45.6 Å². The Hall–Kier alpha value is -3.38. The lowest BCUT2D eigenvalue weighted by Gasteiger charge is -2.40. The van der Waals surface area contributed by atoms with Crippen LogP contribution in [0.2, 0.25) is 5.02 Å². The highest BCUT2D eigenvalue weighted by Crippen LogP contribution is 2.45. The van der Waals surface area contributed by atoms with Crippen LogP contribution in [0.5, 0.6) is 0 Å². The third kappa shape index (κ3) is 7.28. The molecule has 1 aromatic carbocycles. The van der Waals surface area contributed by atoms with Gasteiger partial charge in [0, 0.05) is 28.6 Å². The number of aliphatic imine (C=N–C) groups is 1. The maximum absolute atomic E-state index is 14.2. The van der Waals surface area contributed by atoms with Crippen molar-refractivity contribution in [3.63, 3.8) is 0 Å². The van der Waals surface area contributed by atoms with E-state index in [-0.39, 0.29) is 34.5 Å². The Morgan fingerprint density at radius 1 is 1.25 bits per heavy atom. The van der Waals surface area contributed by atoms with E-state index >= 15 is 0 Å². The Morgan fingerprint density at radius 3 is 2.45 bits per heavy atom. The zero-order valence-corrected chi connectivity index (χ0v) is 27.3. The first kappa shape index (κ1) is 33.5. The van der Waals surface area contributed by atoms with Gasteiger partial charge in [-0.05, 0) is 64.2 Å². The standard InChI is InChI=1S/C29H33ClFN5O6S2/c1-29(2,3)42-28(38)36-24(20-11-8-18(31)16-21(20)30)22(27(37)41-4)23(34-25(36)26-33-13-15-43-26)17-6-9-19(10-7-17)35(14-12-32)44(5,39)40/h8,11,13,15-17,19,24H,6-7,9-10,14H2,1-5H3/t17-,19-,24?. The van der Waals surface area contributed by atoms with Crippen molar-refractivity contribution in [2.45, 2.75) is 64.1 Å². The number of methoxy groups -OCH3 is 1. The Morgan fingerprint density at radius 2 is 1.93 bits per heavy atom. The van der Waals surface area contributed by atoms with Gasteiger partial charge in [0.25, 0.3) is 0 Å². The maximum atomic E-state index is 14.2. The van der Waals surface area contributed by atoms with Crippen LogP contribution in [0.15, 0.2) is 46.0 Å². The Bertz CT molecular complexity index is 1620. The quantitative estimate of drug-likeness (QED) is 0.281. The average molecular weight is 666 g/mol. The zero-order valence-electron chi connectivity index (χ0n) is 24.9. The summed E-state index contributed by atoms with van der Waals surface area (Å²) in [4.78, 5) is 38.0. The lowest BCUT2D eigenvalue weighted by atomic mass is 9.80. The molecule has 1 unspecified atom stereocenters. The Labute approximate surface area is 265 Å². The topological polar surface area (TPSA) is 142 Å². The largest absolute Gasteiger partial charge is 0.466 e. The van der Waals surface area contributed by atoms with Crippen LogP contribution in [-0.2, 0) is 24.3 Å². The normalized spacial score (nSPS) is 21.1. The number of hydrogen-bond acceptors (Lipinski definition) is 10. The Kier molecular flexibility index (Phi) is 10.1. The number of aromatic nitrogens is 1. The van der Waals surface area contributed by atoms with E-state index in [0.717, 1.165) is 12.3 Å². The molecule has 2 aliphatic rings. The molecule has 1 aliphatic carbocycles. The van der Waals surface area contributed by atoms with Gasteiger partial charge < -0.3 is 9.47 Å². The lowest BCUT2D eigenvalue weighted by molar-refractivity contribution is -0.136. The molecule has 0 N–H and O–H groups in total. The molecule has 4 rings (SSSR count). The van der Waals surface area contributed by atoms with Crippen molar-refractivity contribution in [3.8, 4) is 6.07 Å². The summed E-state index contributed by atoms with van der Waals surface area (Å²) >= 11 is 7.80. The van der Waals surface area contributed by atoms with E-state index in [1.807, 2.05) is 6.07 Å². The number of nitrogens with zero attached hydrogens (tertiary/aromatic N) is 5. The Balaban J connectivity index is 1.92. The second-order valence-corrected chi connectivity index (χ2v) is 14.7. The molecule has 0 bridgehead atoms. The van der Waals surface area contributed by atoms with Crippen molar-refractivity contribution in [1.29, 1.82) is 5.26 Å². The molecule has 2 heterocycles. The molecule has 1 atom stereocenters. The molecule has 0 radical (unpaired) electrons. The van der Waals surface area contributed by atoms with Gasteiger partial charge in [-0.2, -0.15) is 9.57 Å². The van der Waals surface area contributed by atoms with Gasteiger partial charge in [0.05, 0.1) is 30.7 Å². The summed E-state index contributed by atoms with van der Waals surface area (Å²) in [5, 5.41) is 11.3. The number of amides is 1. The predicted molar refractivity (Wildman–Crippen MR) is 163 cm³/mol. The summed E-state index contributed by atoms with van der Waals surface area (Å²) < 4.78 is 51.2. The third-order valence-corrected chi connectivity index (χ3v) is 9.66. The molecule has 1 aromatic heterocycles. The van der Waals surface area contributed by atoms with Crippen LogP contribution in [0.3, 0.4) is 0 Å². The summed E-state index contributed by atoms with van der Waals surface area (Å²) in [5.41, 5.74) is -0.332. The number of esters is 1. The number of ether oxygens (including phenoxy) is 2. The van der Waals surface area contributed by atoms with E-state index in [0.29, 0.717) is 36.4 Å². The van der Waals surface area contributed by atoms with Gasteiger partial charge in [-0.1, -0.05) is 17.7 Å². The number of amidine groups is 1. The van der Waals surface area contributed by atoms with Crippen LogP contribution >= 0.6 is 22.9 Å². The number of nitriles is 1. The number of allylic oxidation sites excluding steroid dienone is 1. The van der Waals surface area contributed by atoms with Gasteiger partial charge >= 0.3 is 12.1 Å². The van der Waals surface area contributed by atoms with Crippen molar-refractivity contribution in [3.05, 3.63) is 62.5 Å². The molecule has 44 heavy (non-hydrogen) atoms. The summed E-state index contributed by atoms with van der Waals surface area (Å²) in [6, 6.07) is 3.96. The minimum atomic E-state index is -3.63. The second-order valence-electron chi connectivity index (χ2n) is 11.5. The van der Waals surface area contributed by atoms with Crippen molar-refractivity contribution in [2.24, 2.45) is 10.9 Å². The molecule has 0 saturated heterocycles. The smallest absolute Gasteiger partial charge is 0.416 e. The minimum Gasteiger partial charge on any atom is -0.466 e. The molecular formula is C29H33ClFN5O6S2. The van der Waals surface area contributed by atoms with Gasteiger partial charge in [0.2, 0.25) is 10.0 Å². The van der Waals surface area contributed by atoms with Crippen molar-refractivity contribution in [1.82, 2.24) is 14.2 Å². The molecular weight excluding hydrogens is 633 g/mol. The van der Waals surface area contributed by atoms with Gasteiger partial charge in [-0.3, -0.25) is 0 Å². The lowest BCUT2D eigenvalue weighted by Crippen LogP contribution is -2.48. The van der Waals surface area contributed by atoms with E-state index in [9.17, 15) is 27.7 Å². The number of rotatable bonds is 7. The number of halogens is 2. The van der Waals surface area contributed by atoms with Gasteiger partial charge in [0.15, 0.2) is 10.8 Å². The monoisotopic (exact) mass is 665 g/mol. The third-order valence-electron chi connectivity index (χ3n) is 7.28. The van der Waals surface area contributed by atoms with Crippen molar-refractivity contribution in [2.75, 3.05) is 19.9 Å². The maximum Gasteiger partial charge on any atom is 0.416 e. The first-order valence-corrected chi connectivity index (χ1v) is 16.9. The van der Waals surface area contributed by atoms with Crippen LogP contribution in [-0.4, -0.2) is 72.1 Å². The van der Waals surface area contributed by atoms with E-state index in [1.54, 1.807) is 32.3 Å². The number of carbonyl (C=O) groups excluding carboxylic acids is 2. The molecule has 0 spiro atoms. The highest BCUT2D eigenvalue weighted by atomic mass is 35.5. The first-order chi connectivity index (χ1) is 20.7. The van der Waals surface area contributed by atoms with Crippen molar-refractivity contribution >= 4 is 50.9 Å². The minimum absolute atomic E-state index is 0.0209. The van der Waals surface area contributed by atoms with Crippen LogP contribution < -0.4 is 0 Å². The molecule has 11 nitrogen and oxygen atoms in total. The summed E-state index contributed by atoms with van der Waals surface area (Å²) in [6.07, 6.45) is 3.43. The number of benzene rings is 1. The van der Waals surface area contributed by atoms with E-state index in [4.69, 9.17) is 26.1 Å². The molecule has 2 aromatic rings.